The maximum absolute atomic E-state index is 12.8. The van der Waals surface area contributed by atoms with Gasteiger partial charge in [0.15, 0.2) is 6.10 Å². The Morgan fingerprint density at radius 2 is 0.949 bits per heavy atom. The van der Waals surface area contributed by atoms with Gasteiger partial charge in [0.1, 0.15) is 43.2 Å². The van der Waals surface area contributed by atoms with E-state index in [4.69, 9.17) is 18.5 Å². The van der Waals surface area contributed by atoms with Crippen molar-refractivity contribution in [1.82, 2.24) is 0 Å². The molecule has 1 fully saturated rings. The molecular weight excluding hydrogens is 779 g/mol. The molecule has 0 bridgehead atoms. The van der Waals surface area contributed by atoms with Gasteiger partial charge in [-0.15, -0.1) is 0 Å². The molecule has 0 spiro atoms. The molecule has 1 aliphatic rings. The number of phosphoric ester groups is 1. The highest BCUT2D eigenvalue weighted by Crippen LogP contribution is 2.47. The zero-order valence-electron chi connectivity index (χ0n) is 36.0. The van der Waals surface area contributed by atoms with Gasteiger partial charge in [0.2, 0.25) is 0 Å². The average molecular weight is 859 g/mol. The predicted molar refractivity (Wildman–Crippen MR) is 230 cm³/mol. The molecule has 0 amide bonds. The number of hydrogen-bond acceptors (Lipinski definition) is 12. The molecule has 0 aromatic rings. The van der Waals surface area contributed by atoms with Crippen LogP contribution in [-0.2, 0) is 32.7 Å². The van der Waals surface area contributed by atoms with Gasteiger partial charge in [-0.3, -0.25) is 18.6 Å². The number of carbonyl (C=O) groups excluding carboxylic acids is 2. The quantitative estimate of drug-likeness (QED) is 0.0152. The van der Waals surface area contributed by atoms with E-state index in [0.29, 0.717) is 19.3 Å². The van der Waals surface area contributed by atoms with Crippen molar-refractivity contribution in [2.24, 2.45) is 0 Å². The van der Waals surface area contributed by atoms with Crippen molar-refractivity contribution < 1.29 is 63.1 Å². The summed E-state index contributed by atoms with van der Waals surface area (Å²) in [4.78, 5) is 35.6. The molecule has 342 valence electrons. The Morgan fingerprint density at radius 3 is 1.46 bits per heavy atom. The normalized spacial score (nSPS) is 22.8. The Morgan fingerprint density at radius 1 is 0.525 bits per heavy atom. The highest BCUT2D eigenvalue weighted by atomic mass is 31.2. The van der Waals surface area contributed by atoms with Gasteiger partial charge in [-0.25, -0.2) is 4.57 Å². The van der Waals surface area contributed by atoms with Gasteiger partial charge in [0, 0.05) is 12.8 Å². The van der Waals surface area contributed by atoms with E-state index in [1.54, 1.807) is 0 Å². The van der Waals surface area contributed by atoms with Crippen LogP contribution in [0.5, 0.6) is 0 Å². The molecule has 1 aliphatic carbocycles. The van der Waals surface area contributed by atoms with Crippen LogP contribution in [0.25, 0.3) is 0 Å². The van der Waals surface area contributed by atoms with Crippen LogP contribution in [0.15, 0.2) is 48.6 Å². The summed E-state index contributed by atoms with van der Waals surface area (Å²) < 4.78 is 33.4. The smallest absolute Gasteiger partial charge is 0.462 e. The largest absolute Gasteiger partial charge is 0.472 e. The molecule has 0 radical (unpaired) electrons. The van der Waals surface area contributed by atoms with Crippen molar-refractivity contribution in [3.8, 4) is 0 Å². The number of unbranched alkanes of at least 4 members (excludes halogenated alkanes) is 16. The summed E-state index contributed by atoms with van der Waals surface area (Å²) in [6.45, 7) is 3.21. The van der Waals surface area contributed by atoms with Gasteiger partial charge in [-0.2, -0.15) is 0 Å². The maximum Gasteiger partial charge on any atom is 0.472 e. The molecule has 0 aromatic heterocycles. The van der Waals surface area contributed by atoms with Gasteiger partial charge in [0.05, 0.1) is 6.61 Å². The molecule has 6 N–H and O–H groups in total. The Kier molecular flexibility index (Phi) is 32.9. The standard InChI is InChI=1S/C45H79O13P/c1-3-5-7-9-11-13-15-17-18-19-20-22-24-26-28-30-32-34-39(47)57-37(36-56-59(53,54)58-45-43(51)41(49)40(48)42(50)44(45)52)35-55-38(46)33-31-29-27-25-23-21-16-14-12-10-8-6-4-2/h13,15,18-19,22,24,28,30,37,40-45,48-52H,3-12,14,16-17,20-21,23,25-27,29,31-36H2,1-2H3,(H,53,54). The molecule has 0 aromatic carbocycles. The number of aliphatic hydroxyl groups is 5. The van der Waals surface area contributed by atoms with Gasteiger partial charge in [0.25, 0.3) is 0 Å². The van der Waals surface area contributed by atoms with Crippen LogP contribution in [0.1, 0.15) is 168 Å². The molecular formula is C45H79O13P. The average Bonchev–Trinajstić information content (AvgIpc) is 3.21. The Bertz CT molecular complexity index is 1220. The highest BCUT2D eigenvalue weighted by Gasteiger charge is 2.51. The SMILES string of the molecule is CCCCCCC=CCC=CCC=CCC=CCCC(=O)OC(COC(=O)CCCCCCCCCCCCCCC)COP(=O)(O)OC1C(O)C(O)C(O)C(O)C1O. The summed E-state index contributed by atoms with van der Waals surface area (Å²) in [5.74, 6) is -1.19. The fourth-order valence-corrected chi connectivity index (χ4v) is 7.50. The van der Waals surface area contributed by atoms with Gasteiger partial charge >= 0.3 is 19.8 Å². The van der Waals surface area contributed by atoms with Gasteiger partial charge in [-0.1, -0.05) is 159 Å². The van der Waals surface area contributed by atoms with Crippen LogP contribution >= 0.6 is 7.82 Å². The lowest BCUT2D eigenvalue weighted by atomic mass is 9.85. The third-order valence-electron chi connectivity index (χ3n) is 10.2. The number of aliphatic hydroxyl groups excluding tert-OH is 5. The van der Waals surface area contributed by atoms with E-state index >= 15 is 0 Å². The maximum atomic E-state index is 12.8. The number of ether oxygens (including phenoxy) is 2. The third-order valence-corrected chi connectivity index (χ3v) is 11.2. The van der Waals surface area contributed by atoms with Crippen LogP contribution in [0.2, 0.25) is 0 Å². The molecule has 6 unspecified atom stereocenters. The Labute approximate surface area is 354 Å². The zero-order chi connectivity index (χ0) is 43.6. The van der Waals surface area contributed by atoms with E-state index in [0.717, 1.165) is 38.5 Å². The van der Waals surface area contributed by atoms with Crippen molar-refractivity contribution >= 4 is 19.8 Å². The Hall–Kier alpha value is -2.19. The minimum Gasteiger partial charge on any atom is -0.462 e. The van der Waals surface area contributed by atoms with E-state index in [1.165, 1.54) is 83.5 Å². The van der Waals surface area contributed by atoms with Crippen molar-refractivity contribution in [2.45, 2.75) is 211 Å². The minimum atomic E-state index is -5.13. The summed E-state index contributed by atoms with van der Waals surface area (Å²) in [7, 11) is -5.13. The van der Waals surface area contributed by atoms with E-state index in [1.807, 2.05) is 18.2 Å². The molecule has 0 heterocycles. The number of allylic oxidation sites excluding steroid dienone is 8. The molecule has 0 aliphatic heterocycles. The first kappa shape index (κ1) is 54.8. The van der Waals surface area contributed by atoms with E-state index < -0.39 is 75.7 Å². The van der Waals surface area contributed by atoms with Gasteiger partial charge in [-0.05, 0) is 44.9 Å². The summed E-state index contributed by atoms with van der Waals surface area (Å²) >= 11 is 0. The second kappa shape index (κ2) is 35.4. The number of phosphoric acid groups is 1. The molecule has 6 atom stereocenters. The number of hydrogen-bond donors (Lipinski definition) is 6. The van der Waals surface area contributed by atoms with Crippen LogP contribution in [0, 0.1) is 0 Å². The molecule has 59 heavy (non-hydrogen) atoms. The lowest BCUT2D eigenvalue weighted by molar-refractivity contribution is -0.220. The summed E-state index contributed by atoms with van der Waals surface area (Å²) in [6, 6.07) is 0. The van der Waals surface area contributed by atoms with Crippen molar-refractivity contribution in [2.75, 3.05) is 13.2 Å². The first-order valence-corrected chi connectivity index (χ1v) is 23.9. The van der Waals surface area contributed by atoms with Gasteiger partial charge < -0.3 is 39.9 Å². The summed E-state index contributed by atoms with van der Waals surface area (Å²) in [6.07, 6.45) is 27.5. The molecule has 13 nitrogen and oxygen atoms in total. The lowest BCUT2D eigenvalue weighted by Crippen LogP contribution is -2.64. The second-order valence-electron chi connectivity index (χ2n) is 15.6. The number of rotatable bonds is 36. The van der Waals surface area contributed by atoms with E-state index in [2.05, 4.69) is 44.2 Å². The Balaban J connectivity index is 2.54. The second-order valence-corrected chi connectivity index (χ2v) is 17.0. The first-order valence-electron chi connectivity index (χ1n) is 22.4. The molecule has 14 heteroatoms. The molecule has 1 rings (SSSR count). The number of esters is 2. The van der Waals surface area contributed by atoms with E-state index in [9.17, 15) is 44.6 Å². The van der Waals surface area contributed by atoms with E-state index in [-0.39, 0.29) is 12.8 Å². The van der Waals surface area contributed by atoms with Crippen LogP contribution < -0.4 is 0 Å². The monoisotopic (exact) mass is 859 g/mol. The van der Waals surface area contributed by atoms with Crippen molar-refractivity contribution in [3.05, 3.63) is 48.6 Å². The van der Waals surface area contributed by atoms with Crippen molar-refractivity contribution in [1.29, 1.82) is 0 Å². The zero-order valence-corrected chi connectivity index (χ0v) is 36.9. The third kappa shape index (κ3) is 28.1. The fraction of sp³-hybridized carbons (Fsp3) is 0.778. The highest BCUT2D eigenvalue weighted by molar-refractivity contribution is 7.47. The fourth-order valence-electron chi connectivity index (χ4n) is 6.53. The predicted octanol–water partition coefficient (Wildman–Crippen LogP) is 8.39. The minimum absolute atomic E-state index is 0.0235. The lowest BCUT2D eigenvalue weighted by Gasteiger charge is -2.41. The van der Waals surface area contributed by atoms with Crippen LogP contribution in [-0.4, -0.2) is 98.3 Å². The van der Waals surface area contributed by atoms with Crippen LogP contribution in [0.4, 0.5) is 0 Å². The summed E-state index contributed by atoms with van der Waals surface area (Å²) in [5, 5.41) is 50.1. The topological polar surface area (TPSA) is 210 Å². The molecule has 1 saturated carbocycles. The molecule has 0 saturated heterocycles. The first-order chi connectivity index (χ1) is 28.4. The number of carbonyl (C=O) groups is 2. The van der Waals surface area contributed by atoms with Crippen LogP contribution in [0.3, 0.4) is 0 Å². The van der Waals surface area contributed by atoms with Crippen molar-refractivity contribution in [3.63, 3.8) is 0 Å². The summed E-state index contributed by atoms with van der Waals surface area (Å²) in [5.41, 5.74) is 0.